The molecule has 2 rings (SSSR count). The number of nitrogens with zero attached hydrogens (tertiary/aromatic N) is 1. The van der Waals surface area contributed by atoms with Crippen molar-refractivity contribution >= 4 is 11.5 Å². The Morgan fingerprint density at radius 3 is 2.52 bits per heavy atom. The van der Waals surface area contributed by atoms with Crippen molar-refractivity contribution in [2.45, 2.75) is 13.0 Å². The summed E-state index contributed by atoms with van der Waals surface area (Å²) in [5.41, 5.74) is 0.520. The normalized spacial score (nSPS) is 11.6. The highest BCUT2D eigenvalue weighted by atomic mass is 19.1. The summed E-state index contributed by atoms with van der Waals surface area (Å²) in [5.74, 6) is -1.88. The van der Waals surface area contributed by atoms with Gasteiger partial charge < -0.3 is 10.4 Å². The van der Waals surface area contributed by atoms with E-state index in [1.54, 1.807) is 0 Å². The zero-order valence-corrected chi connectivity index (χ0v) is 12.3. The molecule has 0 saturated heterocycles. The maximum absolute atomic E-state index is 13.6. The molecule has 0 fully saturated rings. The lowest BCUT2D eigenvalue weighted by molar-refractivity contribution is 0.101. The fourth-order valence-corrected chi connectivity index (χ4v) is 2.14. The van der Waals surface area contributed by atoms with E-state index < -0.39 is 23.3 Å². The van der Waals surface area contributed by atoms with E-state index in [1.165, 1.54) is 31.2 Å². The molecule has 0 spiro atoms. The summed E-state index contributed by atoms with van der Waals surface area (Å²) in [5, 5.41) is 21.8. The quantitative estimate of drug-likeness (QED) is 0.831. The number of anilines is 1. The van der Waals surface area contributed by atoms with Gasteiger partial charge in [-0.2, -0.15) is 5.26 Å². The van der Waals surface area contributed by atoms with Gasteiger partial charge in [-0.15, -0.1) is 0 Å². The largest absolute Gasteiger partial charge is 0.386 e. The lowest BCUT2D eigenvalue weighted by Gasteiger charge is -2.15. The average molecular weight is 316 g/mol. The number of hydrogen-bond donors (Lipinski definition) is 2. The van der Waals surface area contributed by atoms with Crippen molar-refractivity contribution in [2.75, 3.05) is 11.9 Å². The Kier molecular flexibility index (Phi) is 5.04. The van der Waals surface area contributed by atoms with Crippen LogP contribution in [-0.2, 0) is 0 Å². The van der Waals surface area contributed by atoms with Crippen molar-refractivity contribution in [1.82, 2.24) is 0 Å². The Balaban J connectivity index is 2.22. The summed E-state index contributed by atoms with van der Waals surface area (Å²) in [4.78, 5) is 11.4. The van der Waals surface area contributed by atoms with E-state index in [2.05, 4.69) is 5.32 Å². The number of rotatable bonds is 5. The van der Waals surface area contributed by atoms with Crippen LogP contribution >= 0.6 is 0 Å². The SMILES string of the molecule is CC(=O)c1ccc(C#N)c(NCC(O)c2c(F)cccc2F)c1. The number of Topliss-reactive ketones (excluding diaryl/α,β-unsaturated/α-hetero) is 1. The number of ketones is 1. The van der Waals surface area contributed by atoms with Crippen LogP contribution in [0.5, 0.6) is 0 Å². The number of nitriles is 1. The molecule has 2 N–H and O–H groups in total. The number of aliphatic hydroxyl groups is 1. The fraction of sp³-hybridized carbons (Fsp3) is 0.176. The maximum Gasteiger partial charge on any atom is 0.159 e. The lowest BCUT2D eigenvalue weighted by atomic mass is 10.1. The summed E-state index contributed by atoms with van der Waals surface area (Å²) in [6, 6.07) is 9.70. The summed E-state index contributed by atoms with van der Waals surface area (Å²) in [6.07, 6.45) is -1.44. The Morgan fingerprint density at radius 2 is 1.96 bits per heavy atom. The molecule has 6 heteroatoms. The summed E-state index contributed by atoms with van der Waals surface area (Å²) in [7, 11) is 0. The first-order valence-corrected chi connectivity index (χ1v) is 6.85. The van der Waals surface area contributed by atoms with Crippen molar-refractivity contribution in [2.24, 2.45) is 0 Å². The third kappa shape index (κ3) is 3.71. The molecule has 0 aliphatic carbocycles. The molecule has 0 aromatic heterocycles. The van der Waals surface area contributed by atoms with Crippen molar-refractivity contribution < 1.29 is 18.7 Å². The first kappa shape index (κ1) is 16.6. The highest BCUT2D eigenvalue weighted by Gasteiger charge is 2.18. The topological polar surface area (TPSA) is 73.1 Å². The first-order chi connectivity index (χ1) is 10.9. The minimum Gasteiger partial charge on any atom is -0.386 e. The highest BCUT2D eigenvalue weighted by molar-refractivity contribution is 5.95. The number of carbonyl (C=O) groups is 1. The Labute approximate surface area is 132 Å². The number of carbonyl (C=O) groups excluding carboxylic acids is 1. The predicted molar refractivity (Wildman–Crippen MR) is 81.0 cm³/mol. The van der Waals surface area contributed by atoms with Crippen molar-refractivity contribution in [3.63, 3.8) is 0 Å². The maximum atomic E-state index is 13.6. The van der Waals surface area contributed by atoms with Gasteiger partial charge in [0.15, 0.2) is 5.78 Å². The number of aliphatic hydroxyl groups excluding tert-OH is 1. The van der Waals surface area contributed by atoms with Gasteiger partial charge in [-0.3, -0.25) is 4.79 Å². The summed E-state index contributed by atoms with van der Waals surface area (Å²) in [6.45, 7) is 1.17. The summed E-state index contributed by atoms with van der Waals surface area (Å²) >= 11 is 0. The molecule has 0 aliphatic rings. The molecule has 0 heterocycles. The van der Waals surface area contributed by atoms with Crippen LogP contribution in [-0.4, -0.2) is 17.4 Å². The van der Waals surface area contributed by atoms with Gasteiger partial charge in [-0.1, -0.05) is 6.07 Å². The van der Waals surface area contributed by atoms with Gasteiger partial charge in [0.25, 0.3) is 0 Å². The van der Waals surface area contributed by atoms with Gasteiger partial charge in [0.05, 0.1) is 16.8 Å². The van der Waals surface area contributed by atoms with Crippen LogP contribution in [0.3, 0.4) is 0 Å². The molecule has 0 bridgehead atoms. The van der Waals surface area contributed by atoms with Crippen molar-refractivity contribution in [1.29, 1.82) is 5.26 Å². The molecule has 2 aromatic carbocycles. The third-order valence-corrected chi connectivity index (χ3v) is 3.37. The smallest absolute Gasteiger partial charge is 0.159 e. The molecular weight excluding hydrogens is 302 g/mol. The molecule has 4 nitrogen and oxygen atoms in total. The average Bonchev–Trinajstić information content (AvgIpc) is 2.52. The van der Waals surface area contributed by atoms with E-state index >= 15 is 0 Å². The van der Waals surface area contributed by atoms with Gasteiger partial charge in [0, 0.05) is 12.1 Å². The molecule has 118 valence electrons. The number of nitrogens with one attached hydrogen (secondary N) is 1. The number of hydrogen-bond acceptors (Lipinski definition) is 4. The van der Waals surface area contributed by atoms with E-state index in [-0.39, 0.29) is 17.9 Å². The Bertz CT molecular complexity index is 764. The molecule has 0 radical (unpaired) electrons. The van der Waals surface area contributed by atoms with E-state index in [0.29, 0.717) is 11.3 Å². The van der Waals surface area contributed by atoms with E-state index in [1.807, 2.05) is 6.07 Å². The molecule has 2 aromatic rings. The fourth-order valence-electron chi connectivity index (χ4n) is 2.14. The minimum atomic E-state index is -1.44. The molecule has 0 saturated carbocycles. The predicted octanol–water partition coefficient (Wildman–Crippen LogP) is 3.18. The van der Waals surface area contributed by atoms with Crippen molar-refractivity contribution in [3.8, 4) is 6.07 Å². The second-order valence-corrected chi connectivity index (χ2v) is 4.96. The van der Waals surface area contributed by atoms with Crippen molar-refractivity contribution in [3.05, 3.63) is 64.7 Å². The lowest BCUT2D eigenvalue weighted by Crippen LogP contribution is -2.16. The van der Waals surface area contributed by atoms with Gasteiger partial charge in [-0.25, -0.2) is 8.78 Å². The molecule has 0 amide bonds. The van der Waals surface area contributed by atoms with Gasteiger partial charge >= 0.3 is 0 Å². The molecular formula is C17H14F2N2O2. The van der Waals surface area contributed by atoms with Gasteiger partial charge in [0.1, 0.15) is 23.8 Å². The third-order valence-electron chi connectivity index (χ3n) is 3.37. The zero-order valence-electron chi connectivity index (χ0n) is 12.3. The molecule has 0 aliphatic heterocycles. The van der Waals surface area contributed by atoms with Gasteiger partial charge in [-0.05, 0) is 37.3 Å². The van der Waals surface area contributed by atoms with E-state index in [4.69, 9.17) is 5.26 Å². The first-order valence-electron chi connectivity index (χ1n) is 6.85. The van der Waals surface area contributed by atoms with Gasteiger partial charge in [0.2, 0.25) is 0 Å². The highest BCUT2D eigenvalue weighted by Crippen LogP contribution is 2.23. The van der Waals surface area contributed by atoms with Crippen LogP contribution in [0, 0.1) is 23.0 Å². The Hall–Kier alpha value is -2.78. The second-order valence-electron chi connectivity index (χ2n) is 4.96. The van der Waals surface area contributed by atoms with Crippen LogP contribution in [0.2, 0.25) is 0 Å². The standard InChI is InChI=1S/C17H14F2N2O2/c1-10(22)11-5-6-12(8-20)15(7-11)21-9-16(23)17-13(18)3-2-4-14(17)19/h2-7,16,21,23H,9H2,1H3. The monoisotopic (exact) mass is 316 g/mol. The molecule has 23 heavy (non-hydrogen) atoms. The number of benzene rings is 2. The minimum absolute atomic E-state index is 0.182. The molecule has 1 unspecified atom stereocenters. The van der Waals surface area contributed by atoms with E-state index in [9.17, 15) is 18.7 Å². The van der Waals surface area contributed by atoms with Crippen LogP contribution in [0.4, 0.5) is 14.5 Å². The zero-order chi connectivity index (χ0) is 17.0. The Morgan fingerprint density at radius 1 is 1.30 bits per heavy atom. The molecule has 1 atom stereocenters. The van der Waals surface area contributed by atoms with Crippen LogP contribution in [0.15, 0.2) is 36.4 Å². The van der Waals surface area contributed by atoms with Crippen LogP contribution in [0.1, 0.15) is 34.5 Å². The summed E-state index contributed by atoms with van der Waals surface area (Å²) < 4.78 is 27.2. The van der Waals surface area contributed by atoms with Crippen LogP contribution < -0.4 is 5.32 Å². The number of halogens is 2. The second kappa shape index (κ2) is 6.99. The van der Waals surface area contributed by atoms with E-state index in [0.717, 1.165) is 12.1 Å². The van der Waals surface area contributed by atoms with Crippen LogP contribution in [0.25, 0.3) is 0 Å².